The molecule has 4 heterocycles. The molecule has 1 N–H and O–H groups in total. The molecule has 0 saturated carbocycles. The molecule has 9 nitrogen and oxygen atoms in total. The molecular weight excluding hydrogens is 298 g/mol. The third-order valence-corrected chi connectivity index (χ3v) is 4.49. The second-order valence-electron chi connectivity index (χ2n) is 5.87. The Kier molecular flexibility index (Phi) is 2.97. The van der Waals surface area contributed by atoms with Crippen LogP contribution in [0.5, 0.6) is 0 Å². The first-order valence-electron chi connectivity index (χ1n) is 7.52. The van der Waals surface area contributed by atoms with Gasteiger partial charge in [-0.1, -0.05) is 0 Å². The number of hydrogen-bond acceptors (Lipinski definition) is 6. The lowest BCUT2D eigenvalue weighted by Gasteiger charge is -2.43. The summed E-state index contributed by atoms with van der Waals surface area (Å²) in [5.74, 6) is 0.633. The number of piperazine rings is 2. The van der Waals surface area contributed by atoms with Crippen LogP contribution in [0.25, 0.3) is 11.0 Å². The van der Waals surface area contributed by atoms with Crippen LogP contribution in [-0.2, 0) is 16.6 Å². The number of fused-ring (bicyclic) bond motifs is 2. The van der Waals surface area contributed by atoms with Crippen LogP contribution in [0.4, 0.5) is 5.82 Å². The highest BCUT2D eigenvalue weighted by atomic mass is 16.2. The Bertz CT molecular complexity index is 815. The number of nitrogens with zero attached hydrogens (tertiary/aromatic N) is 6. The quantitative estimate of drug-likeness (QED) is 0.711. The van der Waals surface area contributed by atoms with Crippen molar-refractivity contribution < 1.29 is 9.59 Å². The van der Waals surface area contributed by atoms with Crippen LogP contribution in [-0.4, -0.2) is 68.7 Å². The number of carbonyl (C=O) groups excluding carboxylic acids is 2. The number of amides is 2. The Labute approximate surface area is 132 Å². The lowest BCUT2D eigenvalue weighted by atomic mass is 10.1. The summed E-state index contributed by atoms with van der Waals surface area (Å²) in [7, 11) is 1.84. The largest absolute Gasteiger partial charge is 0.352 e. The van der Waals surface area contributed by atoms with E-state index in [0.29, 0.717) is 19.6 Å². The van der Waals surface area contributed by atoms with E-state index in [4.69, 9.17) is 0 Å². The highest BCUT2D eigenvalue weighted by molar-refractivity contribution is 5.96. The van der Waals surface area contributed by atoms with Crippen LogP contribution in [0.15, 0.2) is 6.33 Å². The molecule has 2 aliphatic rings. The van der Waals surface area contributed by atoms with E-state index in [9.17, 15) is 9.59 Å². The maximum atomic E-state index is 12.1. The smallest absolute Gasteiger partial charge is 0.245 e. The molecule has 0 spiro atoms. The topological polar surface area (TPSA) is 96.2 Å². The SMILES string of the molecule is Cc1nn(C)c2ncnc(N3CCN4C(=O)CNC(=O)[C@H]4C3)c12. The van der Waals surface area contributed by atoms with E-state index in [-0.39, 0.29) is 18.4 Å². The molecule has 2 saturated heterocycles. The Hall–Kier alpha value is -2.71. The van der Waals surface area contributed by atoms with Crippen LogP contribution >= 0.6 is 0 Å². The fourth-order valence-corrected chi connectivity index (χ4v) is 3.38. The van der Waals surface area contributed by atoms with E-state index in [1.807, 2.05) is 18.9 Å². The molecule has 2 aromatic heterocycles. The normalized spacial score (nSPS) is 21.6. The summed E-state index contributed by atoms with van der Waals surface area (Å²) in [5.41, 5.74) is 1.61. The van der Waals surface area contributed by atoms with Crippen LogP contribution in [0.2, 0.25) is 0 Å². The summed E-state index contributed by atoms with van der Waals surface area (Å²) in [5, 5.41) is 7.94. The van der Waals surface area contributed by atoms with E-state index >= 15 is 0 Å². The van der Waals surface area contributed by atoms with Crippen molar-refractivity contribution in [3.63, 3.8) is 0 Å². The van der Waals surface area contributed by atoms with Gasteiger partial charge in [0.25, 0.3) is 0 Å². The molecule has 0 aromatic carbocycles. The minimum absolute atomic E-state index is 0.0281. The first kappa shape index (κ1) is 13.9. The third-order valence-electron chi connectivity index (χ3n) is 4.49. The molecule has 120 valence electrons. The minimum atomic E-state index is -0.466. The predicted octanol–water partition coefficient (Wildman–Crippen LogP) is -1.18. The summed E-state index contributed by atoms with van der Waals surface area (Å²) >= 11 is 0. The zero-order valence-corrected chi connectivity index (χ0v) is 13.0. The van der Waals surface area contributed by atoms with E-state index < -0.39 is 6.04 Å². The molecule has 2 fully saturated rings. The van der Waals surface area contributed by atoms with E-state index in [1.54, 1.807) is 9.58 Å². The van der Waals surface area contributed by atoms with E-state index in [1.165, 1.54) is 6.33 Å². The van der Waals surface area contributed by atoms with Crippen molar-refractivity contribution in [3.05, 3.63) is 12.0 Å². The van der Waals surface area contributed by atoms with E-state index in [0.717, 1.165) is 22.5 Å². The number of carbonyl (C=O) groups is 2. The van der Waals surface area contributed by atoms with Gasteiger partial charge in [-0.25, -0.2) is 9.97 Å². The molecule has 2 amide bonds. The standard InChI is InChI=1S/C14H17N7O2/c1-8-11-12(19(2)18-8)16-7-17-13(11)20-3-4-21-9(6-20)14(23)15-5-10(21)22/h7,9H,3-6H2,1-2H3,(H,15,23)/t9-/m1/s1. The summed E-state index contributed by atoms with van der Waals surface area (Å²) in [6.45, 7) is 3.59. The number of aryl methyl sites for hydroxylation is 2. The second-order valence-corrected chi connectivity index (χ2v) is 5.87. The maximum Gasteiger partial charge on any atom is 0.245 e. The van der Waals surface area contributed by atoms with Crippen LogP contribution < -0.4 is 10.2 Å². The highest BCUT2D eigenvalue weighted by Crippen LogP contribution is 2.27. The van der Waals surface area contributed by atoms with Crippen molar-refractivity contribution in [2.75, 3.05) is 31.1 Å². The number of hydrogen-bond donors (Lipinski definition) is 1. The molecule has 2 aliphatic heterocycles. The fourth-order valence-electron chi connectivity index (χ4n) is 3.38. The summed E-state index contributed by atoms with van der Waals surface area (Å²) in [6, 6.07) is -0.466. The van der Waals surface area contributed by atoms with Gasteiger partial charge in [-0.05, 0) is 6.92 Å². The Morgan fingerprint density at radius 2 is 2.09 bits per heavy atom. The van der Waals surface area contributed by atoms with Crippen molar-refractivity contribution in [3.8, 4) is 0 Å². The Morgan fingerprint density at radius 3 is 2.91 bits per heavy atom. The number of aromatic nitrogens is 4. The molecule has 23 heavy (non-hydrogen) atoms. The Balaban J connectivity index is 1.72. The molecule has 2 aromatic rings. The monoisotopic (exact) mass is 315 g/mol. The van der Waals surface area contributed by atoms with Crippen LogP contribution in [0.3, 0.4) is 0 Å². The fraction of sp³-hybridized carbons (Fsp3) is 0.500. The van der Waals surface area contributed by atoms with Gasteiger partial charge in [0.2, 0.25) is 11.8 Å². The highest BCUT2D eigenvalue weighted by Gasteiger charge is 2.39. The lowest BCUT2D eigenvalue weighted by Crippen LogP contribution is -2.66. The molecule has 1 atom stereocenters. The van der Waals surface area contributed by atoms with Gasteiger partial charge in [0.1, 0.15) is 18.2 Å². The zero-order valence-electron chi connectivity index (χ0n) is 13.0. The maximum absolute atomic E-state index is 12.1. The van der Waals surface area contributed by atoms with Crippen LogP contribution in [0, 0.1) is 6.92 Å². The van der Waals surface area contributed by atoms with Crippen molar-refractivity contribution >= 4 is 28.7 Å². The first-order valence-corrected chi connectivity index (χ1v) is 7.52. The molecule has 0 unspecified atom stereocenters. The molecular formula is C14H17N7O2. The molecule has 4 rings (SSSR count). The van der Waals surface area contributed by atoms with Gasteiger partial charge in [-0.2, -0.15) is 5.10 Å². The number of nitrogens with one attached hydrogen (secondary N) is 1. The van der Waals surface area contributed by atoms with Gasteiger partial charge >= 0.3 is 0 Å². The lowest BCUT2D eigenvalue weighted by molar-refractivity contribution is -0.146. The summed E-state index contributed by atoms with van der Waals surface area (Å²) in [4.78, 5) is 36.4. The van der Waals surface area contributed by atoms with Gasteiger partial charge in [0.15, 0.2) is 5.65 Å². The predicted molar refractivity (Wildman–Crippen MR) is 81.8 cm³/mol. The molecule has 0 aliphatic carbocycles. The van der Waals surface area contributed by atoms with Crippen molar-refractivity contribution in [2.24, 2.45) is 7.05 Å². The van der Waals surface area contributed by atoms with Crippen LogP contribution in [0.1, 0.15) is 5.69 Å². The van der Waals surface area contributed by atoms with Gasteiger partial charge in [-0.15, -0.1) is 0 Å². The molecule has 0 radical (unpaired) electrons. The van der Waals surface area contributed by atoms with E-state index in [2.05, 4.69) is 20.4 Å². The summed E-state index contributed by atoms with van der Waals surface area (Å²) in [6.07, 6.45) is 1.51. The van der Waals surface area contributed by atoms with Gasteiger partial charge < -0.3 is 15.1 Å². The Morgan fingerprint density at radius 1 is 1.26 bits per heavy atom. The third kappa shape index (κ3) is 2.03. The average Bonchev–Trinajstić information content (AvgIpc) is 2.85. The van der Waals surface area contributed by atoms with Crippen molar-refractivity contribution in [1.82, 2.24) is 30.0 Å². The van der Waals surface area contributed by atoms with Gasteiger partial charge in [-0.3, -0.25) is 14.3 Å². The second kappa shape index (κ2) is 4.90. The van der Waals surface area contributed by atoms with Crippen molar-refractivity contribution in [1.29, 1.82) is 0 Å². The first-order chi connectivity index (χ1) is 11.1. The zero-order chi connectivity index (χ0) is 16.1. The number of rotatable bonds is 1. The van der Waals surface area contributed by atoms with Gasteiger partial charge in [0, 0.05) is 26.7 Å². The molecule has 0 bridgehead atoms. The summed E-state index contributed by atoms with van der Waals surface area (Å²) < 4.78 is 1.73. The van der Waals surface area contributed by atoms with Gasteiger partial charge in [0.05, 0.1) is 17.6 Å². The average molecular weight is 315 g/mol. The van der Waals surface area contributed by atoms with Crippen molar-refractivity contribution in [2.45, 2.75) is 13.0 Å². The number of anilines is 1. The molecule has 9 heteroatoms. The minimum Gasteiger partial charge on any atom is -0.352 e.